The minimum absolute atomic E-state index is 0.0170. The molecule has 1 atom stereocenters. The van der Waals surface area contributed by atoms with E-state index in [1.165, 1.54) is 25.7 Å². The first kappa shape index (κ1) is 14.3. The SMILES string of the molecule is NC1CCC(=O)N(CC(=O)NC2CCCCCC2)C1. The third-order valence-electron chi connectivity index (χ3n) is 4.09. The second-order valence-electron chi connectivity index (χ2n) is 5.83. The number of nitrogens with one attached hydrogen (secondary N) is 1. The number of nitrogens with two attached hydrogens (primary N) is 1. The van der Waals surface area contributed by atoms with Crippen molar-refractivity contribution in [1.82, 2.24) is 10.2 Å². The second-order valence-corrected chi connectivity index (χ2v) is 5.83. The molecule has 0 aromatic rings. The molecule has 2 rings (SSSR count). The van der Waals surface area contributed by atoms with Gasteiger partial charge in [-0.3, -0.25) is 9.59 Å². The molecule has 3 N–H and O–H groups in total. The number of piperidine rings is 1. The Labute approximate surface area is 114 Å². The van der Waals surface area contributed by atoms with Gasteiger partial charge in [0.2, 0.25) is 11.8 Å². The van der Waals surface area contributed by atoms with E-state index in [0.717, 1.165) is 19.3 Å². The third kappa shape index (κ3) is 4.49. The van der Waals surface area contributed by atoms with Crippen molar-refractivity contribution in [3.05, 3.63) is 0 Å². The lowest BCUT2D eigenvalue weighted by atomic mass is 10.1. The lowest BCUT2D eigenvalue weighted by Gasteiger charge is -2.30. The van der Waals surface area contributed by atoms with E-state index in [2.05, 4.69) is 5.32 Å². The molecule has 2 fully saturated rings. The van der Waals surface area contributed by atoms with Crippen LogP contribution in [0.25, 0.3) is 0 Å². The summed E-state index contributed by atoms with van der Waals surface area (Å²) in [5.41, 5.74) is 5.84. The molecule has 0 spiro atoms. The third-order valence-corrected chi connectivity index (χ3v) is 4.09. The topological polar surface area (TPSA) is 75.4 Å². The molecule has 0 bridgehead atoms. The van der Waals surface area contributed by atoms with Gasteiger partial charge in [0.05, 0.1) is 6.54 Å². The Hall–Kier alpha value is -1.10. The summed E-state index contributed by atoms with van der Waals surface area (Å²) in [5.74, 6) is 0.0204. The molecule has 1 aliphatic carbocycles. The smallest absolute Gasteiger partial charge is 0.239 e. The number of nitrogens with zero attached hydrogens (tertiary/aromatic N) is 1. The first-order valence-corrected chi connectivity index (χ1v) is 7.48. The van der Waals surface area contributed by atoms with Crippen LogP contribution in [0.15, 0.2) is 0 Å². The van der Waals surface area contributed by atoms with E-state index in [1.54, 1.807) is 4.90 Å². The normalized spacial score (nSPS) is 26.1. The number of carbonyl (C=O) groups excluding carboxylic acids is 2. The number of amides is 2. The van der Waals surface area contributed by atoms with Crippen molar-refractivity contribution in [3.63, 3.8) is 0 Å². The molecule has 1 aliphatic heterocycles. The first-order valence-electron chi connectivity index (χ1n) is 7.48. The number of rotatable bonds is 3. The van der Waals surface area contributed by atoms with Crippen LogP contribution in [0.3, 0.4) is 0 Å². The zero-order chi connectivity index (χ0) is 13.7. The fraction of sp³-hybridized carbons (Fsp3) is 0.857. The molecular weight excluding hydrogens is 242 g/mol. The Bertz CT molecular complexity index is 325. The summed E-state index contributed by atoms with van der Waals surface area (Å²) >= 11 is 0. The van der Waals surface area contributed by atoms with Crippen molar-refractivity contribution in [3.8, 4) is 0 Å². The fourth-order valence-corrected chi connectivity index (χ4v) is 2.97. The zero-order valence-electron chi connectivity index (χ0n) is 11.6. The summed E-state index contributed by atoms with van der Waals surface area (Å²) in [5, 5.41) is 3.07. The lowest BCUT2D eigenvalue weighted by molar-refractivity contribution is -0.138. The first-order chi connectivity index (χ1) is 9.15. The van der Waals surface area contributed by atoms with Crippen LogP contribution in [0.5, 0.6) is 0 Å². The lowest BCUT2D eigenvalue weighted by Crippen LogP contribution is -2.50. The summed E-state index contributed by atoms with van der Waals surface area (Å²) in [6, 6.07) is 0.312. The van der Waals surface area contributed by atoms with E-state index in [9.17, 15) is 9.59 Å². The molecule has 5 nitrogen and oxygen atoms in total. The maximum absolute atomic E-state index is 12.0. The molecule has 1 heterocycles. The predicted octanol–water partition coefficient (Wildman–Crippen LogP) is 0.775. The van der Waals surface area contributed by atoms with E-state index in [0.29, 0.717) is 19.0 Å². The Kier molecular flexibility index (Phi) is 5.19. The van der Waals surface area contributed by atoms with Crippen molar-refractivity contribution in [1.29, 1.82) is 0 Å². The highest BCUT2D eigenvalue weighted by molar-refractivity contribution is 5.85. The van der Waals surface area contributed by atoms with Gasteiger partial charge in [-0.15, -0.1) is 0 Å². The summed E-state index contributed by atoms with van der Waals surface area (Å²) < 4.78 is 0. The van der Waals surface area contributed by atoms with Crippen LogP contribution in [0, 0.1) is 0 Å². The molecule has 0 radical (unpaired) electrons. The quantitative estimate of drug-likeness (QED) is 0.742. The van der Waals surface area contributed by atoms with Crippen molar-refractivity contribution in [2.45, 2.75) is 63.5 Å². The molecule has 1 saturated carbocycles. The highest BCUT2D eigenvalue weighted by Gasteiger charge is 2.25. The standard InChI is InChI=1S/C14H25N3O2/c15-11-7-8-14(19)17(9-11)10-13(18)16-12-5-3-1-2-4-6-12/h11-12H,1-10,15H2,(H,16,18). The van der Waals surface area contributed by atoms with E-state index >= 15 is 0 Å². The molecule has 108 valence electrons. The van der Waals surface area contributed by atoms with E-state index in [1.807, 2.05) is 0 Å². The van der Waals surface area contributed by atoms with Gasteiger partial charge in [0.25, 0.3) is 0 Å². The summed E-state index contributed by atoms with van der Waals surface area (Å²) in [4.78, 5) is 25.3. The van der Waals surface area contributed by atoms with Crippen LogP contribution < -0.4 is 11.1 Å². The molecule has 0 aromatic carbocycles. The van der Waals surface area contributed by atoms with Crippen LogP contribution in [-0.2, 0) is 9.59 Å². The van der Waals surface area contributed by atoms with Gasteiger partial charge in [-0.05, 0) is 19.3 Å². The highest BCUT2D eigenvalue weighted by Crippen LogP contribution is 2.17. The van der Waals surface area contributed by atoms with Gasteiger partial charge in [0.1, 0.15) is 0 Å². The maximum atomic E-state index is 12.0. The van der Waals surface area contributed by atoms with E-state index in [4.69, 9.17) is 5.73 Å². The van der Waals surface area contributed by atoms with Gasteiger partial charge >= 0.3 is 0 Å². The van der Waals surface area contributed by atoms with Crippen molar-refractivity contribution in [2.75, 3.05) is 13.1 Å². The number of carbonyl (C=O) groups is 2. The van der Waals surface area contributed by atoms with Gasteiger partial charge < -0.3 is 16.0 Å². The molecule has 2 aliphatic rings. The molecule has 19 heavy (non-hydrogen) atoms. The highest BCUT2D eigenvalue weighted by atomic mass is 16.2. The number of hydrogen-bond acceptors (Lipinski definition) is 3. The predicted molar refractivity (Wildman–Crippen MR) is 73.4 cm³/mol. The maximum Gasteiger partial charge on any atom is 0.239 e. The summed E-state index contributed by atoms with van der Waals surface area (Å²) in [7, 11) is 0. The molecule has 1 unspecified atom stereocenters. The molecular formula is C14H25N3O2. The Balaban J connectivity index is 1.77. The monoisotopic (exact) mass is 267 g/mol. The van der Waals surface area contributed by atoms with Crippen LogP contribution >= 0.6 is 0 Å². The minimum atomic E-state index is -0.0330. The van der Waals surface area contributed by atoms with Gasteiger partial charge in [0.15, 0.2) is 0 Å². The minimum Gasteiger partial charge on any atom is -0.352 e. The average molecular weight is 267 g/mol. The van der Waals surface area contributed by atoms with Gasteiger partial charge in [-0.25, -0.2) is 0 Å². The summed E-state index contributed by atoms with van der Waals surface area (Å²) in [6.07, 6.45) is 8.27. The zero-order valence-corrected chi connectivity index (χ0v) is 11.6. The van der Waals surface area contributed by atoms with Crippen LogP contribution in [0.4, 0.5) is 0 Å². The largest absolute Gasteiger partial charge is 0.352 e. The molecule has 0 aromatic heterocycles. The number of hydrogen-bond donors (Lipinski definition) is 2. The number of likely N-dealkylation sites (tertiary alicyclic amines) is 1. The molecule has 5 heteroatoms. The molecule has 1 saturated heterocycles. The van der Waals surface area contributed by atoms with Crippen molar-refractivity contribution < 1.29 is 9.59 Å². The van der Waals surface area contributed by atoms with Gasteiger partial charge in [-0.2, -0.15) is 0 Å². The fourth-order valence-electron chi connectivity index (χ4n) is 2.97. The average Bonchev–Trinajstić information content (AvgIpc) is 2.62. The van der Waals surface area contributed by atoms with Gasteiger partial charge in [-0.1, -0.05) is 25.7 Å². The van der Waals surface area contributed by atoms with Crippen molar-refractivity contribution >= 4 is 11.8 Å². The van der Waals surface area contributed by atoms with Crippen LogP contribution in [0.1, 0.15) is 51.4 Å². The Morgan fingerprint density at radius 1 is 1.21 bits per heavy atom. The van der Waals surface area contributed by atoms with E-state index < -0.39 is 0 Å². The summed E-state index contributed by atoms with van der Waals surface area (Å²) in [6.45, 7) is 0.681. The van der Waals surface area contributed by atoms with Crippen LogP contribution in [0.2, 0.25) is 0 Å². The van der Waals surface area contributed by atoms with Gasteiger partial charge in [0, 0.05) is 25.0 Å². The molecule has 2 amide bonds. The Morgan fingerprint density at radius 3 is 2.58 bits per heavy atom. The van der Waals surface area contributed by atoms with E-state index in [-0.39, 0.29) is 24.4 Å². The Morgan fingerprint density at radius 2 is 1.89 bits per heavy atom. The second kappa shape index (κ2) is 6.89. The van der Waals surface area contributed by atoms with Crippen LogP contribution in [-0.4, -0.2) is 41.9 Å². The van der Waals surface area contributed by atoms with Crippen molar-refractivity contribution in [2.24, 2.45) is 5.73 Å².